The number of methoxy groups -OCH3 is 1. The van der Waals surface area contributed by atoms with E-state index in [1.165, 1.54) is 36.0 Å². The van der Waals surface area contributed by atoms with Crippen LogP contribution in [0.5, 0.6) is 5.75 Å². The molecule has 0 radical (unpaired) electrons. The van der Waals surface area contributed by atoms with Crippen LogP contribution in [0.3, 0.4) is 0 Å². The van der Waals surface area contributed by atoms with Crippen molar-refractivity contribution in [2.24, 2.45) is 0 Å². The fourth-order valence-electron chi connectivity index (χ4n) is 3.71. The fraction of sp³-hybridized carbons (Fsp3) is 0.185. The number of amides is 2. The maximum Gasteiger partial charge on any atom is 0.269 e. The summed E-state index contributed by atoms with van der Waals surface area (Å²) in [6, 6.07) is 18.3. The first-order chi connectivity index (χ1) is 18.7. The van der Waals surface area contributed by atoms with Crippen molar-refractivity contribution in [3.63, 3.8) is 0 Å². The Morgan fingerprint density at radius 1 is 1.03 bits per heavy atom. The fourth-order valence-corrected chi connectivity index (χ4v) is 4.47. The van der Waals surface area contributed by atoms with Crippen LogP contribution in [0, 0.1) is 24.0 Å². The second-order valence-corrected chi connectivity index (χ2v) is 9.52. The van der Waals surface area contributed by atoms with E-state index < -0.39 is 10.8 Å². The molecule has 4 rings (SSSR count). The van der Waals surface area contributed by atoms with Crippen molar-refractivity contribution in [1.29, 1.82) is 0 Å². The Hall–Kier alpha value is -4.71. The van der Waals surface area contributed by atoms with Gasteiger partial charge in [-0.3, -0.25) is 24.3 Å². The number of benzene rings is 3. The highest BCUT2D eigenvalue weighted by Gasteiger charge is 2.19. The van der Waals surface area contributed by atoms with E-state index in [0.29, 0.717) is 22.4 Å². The van der Waals surface area contributed by atoms with E-state index >= 15 is 0 Å². The molecule has 0 spiro atoms. The number of nitro groups is 1. The molecular weight excluding hydrogens is 520 g/mol. The molecule has 0 unspecified atom stereocenters. The van der Waals surface area contributed by atoms with Gasteiger partial charge in [0, 0.05) is 23.4 Å². The predicted molar refractivity (Wildman–Crippen MR) is 147 cm³/mol. The summed E-state index contributed by atoms with van der Waals surface area (Å²) in [6.45, 7) is 3.98. The lowest BCUT2D eigenvalue weighted by Crippen LogP contribution is -2.24. The third-order valence-corrected chi connectivity index (χ3v) is 6.69. The molecule has 0 aliphatic rings. The summed E-state index contributed by atoms with van der Waals surface area (Å²) in [4.78, 5) is 35.7. The topological polar surface area (TPSA) is 141 Å². The second kappa shape index (κ2) is 12.2. The predicted octanol–water partition coefficient (Wildman–Crippen LogP) is 4.46. The normalized spacial score (nSPS) is 10.6. The number of non-ortho nitro benzene ring substituents is 1. The highest BCUT2D eigenvalue weighted by Crippen LogP contribution is 2.26. The number of hydrogen-bond donors (Lipinski definition) is 2. The van der Waals surface area contributed by atoms with Gasteiger partial charge in [0.2, 0.25) is 5.91 Å². The zero-order chi connectivity index (χ0) is 27.9. The van der Waals surface area contributed by atoms with Gasteiger partial charge in [-0.25, -0.2) is 0 Å². The van der Waals surface area contributed by atoms with E-state index in [0.717, 1.165) is 16.8 Å². The number of anilines is 1. The zero-order valence-electron chi connectivity index (χ0n) is 21.5. The quantitative estimate of drug-likeness (QED) is 0.169. The number of nitrogens with one attached hydrogen (secondary N) is 2. The molecule has 2 amide bonds. The Morgan fingerprint density at radius 3 is 2.41 bits per heavy atom. The van der Waals surface area contributed by atoms with Gasteiger partial charge in [-0.15, -0.1) is 10.2 Å². The van der Waals surface area contributed by atoms with E-state index in [9.17, 15) is 19.7 Å². The maximum atomic E-state index is 12.7. The van der Waals surface area contributed by atoms with Crippen LogP contribution in [0.4, 0.5) is 11.4 Å². The molecule has 11 nitrogen and oxygen atoms in total. The number of aryl methyl sites for hydroxylation is 2. The molecule has 0 atom stereocenters. The smallest absolute Gasteiger partial charge is 0.269 e. The van der Waals surface area contributed by atoms with Gasteiger partial charge < -0.3 is 15.4 Å². The Bertz CT molecular complexity index is 1500. The summed E-state index contributed by atoms with van der Waals surface area (Å²) in [5.74, 6) is 0.626. The molecule has 1 heterocycles. The summed E-state index contributed by atoms with van der Waals surface area (Å²) >= 11 is 1.22. The van der Waals surface area contributed by atoms with Crippen molar-refractivity contribution in [2.75, 3.05) is 18.2 Å². The standard InChI is InChI=1S/C27H26N6O5S/c1-17-4-5-18(2)23(14-17)32-24(15-28-26(35)19-6-10-21(11-7-19)33(36)37)30-31-27(32)39-16-25(34)29-20-8-12-22(38-3)13-9-20/h4-14H,15-16H2,1-3H3,(H,28,35)(H,29,34). The van der Waals surface area contributed by atoms with Gasteiger partial charge in [-0.2, -0.15) is 0 Å². The molecule has 12 heteroatoms. The largest absolute Gasteiger partial charge is 0.497 e. The minimum absolute atomic E-state index is 0.0504. The van der Waals surface area contributed by atoms with Gasteiger partial charge >= 0.3 is 0 Å². The summed E-state index contributed by atoms with van der Waals surface area (Å²) in [6.07, 6.45) is 0. The lowest BCUT2D eigenvalue weighted by Gasteiger charge is -2.14. The van der Waals surface area contributed by atoms with Gasteiger partial charge in [-0.05, 0) is 67.4 Å². The van der Waals surface area contributed by atoms with Gasteiger partial charge in [0.25, 0.3) is 11.6 Å². The minimum Gasteiger partial charge on any atom is -0.497 e. The van der Waals surface area contributed by atoms with Gasteiger partial charge in [0.15, 0.2) is 11.0 Å². The van der Waals surface area contributed by atoms with E-state index in [1.807, 2.05) is 36.6 Å². The van der Waals surface area contributed by atoms with Gasteiger partial charge in [-0.1, -0.05) is 23.9 Å². The Kier molecular flexibility index (Phi) is 8.56. The van der Waals surface area contributed by atoms with Crippen molar-refractivity contribution in [3.05, 3.63) is 99.4 Å². The lowest BCUT2D eigenvalue weighted by molar-refractivity contribution is -0.384. The van der Waals surface area contributed by atoms with Crippen LogP contribution in [-0.2, 0) is 11.3 Å². The first-order valence-corrected chi connectivity index (χ1v) is 12.8. The summed E-state index contributed by atoms with van der Waals surface area (Å²) < 4.78 is 6.97. The van der Waals surface area contributed by atoms with Crippen molar-refractivity contribution < 1.29 is 19.2 Å². The molecule has 0 saturated carbocycles. The highest BCUT2D eigenvalue weighted by atomic mass is 32.2. The number of carbonyl (C=O) groups is 2. The summed E-state index contributed by atoms with van der Waals surface area (Å²) in [7, 11) is 1.58. The molecule has 4 aromatic rings. The highest BCUT2D eigenvalue weighted by molar-refractivity contribution is 7.99. The number of carbonyl (C=O) groups excluding carboxylic acids is 2. The Morgan fingerprint density at radius 2 is 1.74 bits per heavy atom. The molecule has 0 saturated heterocycles. The van der Waals surface area contributed by atoms with Crippen LogP contribution < -0.4 is 15.4 Å². The van der Waals surface area contributed by atoms with Crippen LogP contribution >= 0.6 is 11.8 Å². The third-order valence-electron chi connectivity index (χ3n) is 5.76. The lowest BCUT2D eigenvalue weighted by atomic mass is 10.1. The first kappa shape index (κ1) is 27.3. The van der Waals surface area contributed by atoms with Crippen molar-refractivity contribution in [1.82, 2.24) is 20.1 Å². The van der Waals surface area contributed by atoms with Gasteiger partial charge in [0.1, 0.15) is 5.75 Å². The van der Waals surface area contributed by atoms with E-state index in [-0.39, 0.29) is 29.5 Å². The number of ether oxygens (including phenoxy) is 1. The molecule has 0 fully saturated rings. The Balaban J connectivity index is 1.51. The third kappa shape index (κ3) is 6.79. The van der Waals surface area contributed by atoms with E-state index in [2.05, 4.69) is 20.8 Å². The maximum absolute atomic E-state index is 12.7. The number of nitro benzene ring substituents is 1. The number of rotatable bonds is 10. The molecular formula is C27H26N6O5S. The Labute approximate surface area is 228 Å². The van der Waals surface area contributed by atoms with Crippen molar-refractivity contribution >= 4 is 35.0 Å². The number of thioether (sulfide) groups is 1. The minimum atomic E-state index is -0.523. The number of aromatic nitrogens is 3. The molecule has 0 aliphatic carbocycles. The molecule has 2 N–H and O–H groups in total. The van der Waals surface area contributed by atoms with Crippen LogP contribution in [0.2, 0.25) is 0 Å². The van der Waals surface area contributed by atoms with E-state index in [1.54, 1.807) is 31.4 Å². The second-order valence-electron chi connectivity index (χ2n) is 8.58. The average Bonchev–Trinajstić information content (AvgIpc) is 3.34. The number of nitrogens with zero attached hydrogens (tertiary/aromatic N) is 4. The monoisotopic (exact) mass is 546 g/mol. The van der Waals surface area contributed by atoms with Crippen LogP contribution in [0.1, 0.15) is 27.3 Å². The van der Waals surface area contributed by atoms with Crippen LogP contribution in [-0.4, -0.2) is 44.4 Å². The molecule has 39 heavy (non-hydrogen) atoms. The van der Waals surface area contributed by atoms with Crippen molar-refractivity contribution in [3.8, 4) is 11.4 Å². The molecule has 200 valence electrons. The van der Waals surface area contributed by atoms with Crippen LogP contribution in [0.25, 0.3) is 5.69 Å². The molecule has 3 aromatic carbocycles. The first-order valence-electron chi connectivity index (χ1n) is 11.9. The van der Waals surface area contributed by atoms with Gasteiger partial charge in [0.05, 0.1) is 30.0 Å². The summed E-state index contributed by atoms with van der Waals surface area (Å²) in [5, 5.41) is 25.6. The SMILES string of the molecule is COc1ccc(NC(=O)CSc2nnc(CNC(=O)c3ccc([N+](=O)[O-])cc3)n2-c2cc(C)ccc2C)cc1. The van der Waals surface area contributed by atoms with Crippen molar-refractivity contribution in [2.45, 2.75) is 25.5 Å². The zero-order valence-corrected chi connectivity index (χ0v) is 22.3. The average molecular weight is 547 g/mol. The molecule has 0 aliphatic heterocycles. The van der Waals surface area contributed by atoms with E-state index in [4.69, 9.17) is 4.74 Å². The molecule has 0 bridgehead atoms. The summed E-state index contributed by atoms with van der Waals surface area (Å²) in [5.41, 5.74) is 3.65. The molecule has 1 aromatic heterocycles. The number of hydrogen-bond acceptors (Lipinski definition) is 8. The van der Waals surface area contributed by atoms with Crippen LogP contribution in [0.15, 0.2) is 71.9 Å².